The number of carbonyl (C=O) groups is 1. The Morgan fingerprint density at radius 1 is 1.23 bits per heavy atom. The zero-order valence-corrected chi connectivity index (χ0v) is 12.3. The molecule has 0 aliphatic rings. The van der Waals surface area contributed by atoms with Crippen molar-refractivity contribution in [2.75, 3.05) is 0 Å². The Hall–Kier alpha value is -2.82. The van der Waals surface area contributed by atoms with Gasteiger partial charge < -0.3 is 9.15 Å². The van der Waals surface area contributed by atoms with E-state index < -0.39 is 11.7 Å². The predicted octanol–water partition coefficient (Wildman–Crippen LogP) is 2.80. The van der Waals surface area contributed by atoms with Crippen molar-refractivity contribution < 1.29 is 13.9 Å². The lowest BCUT2D eigenvalue weighted by atomic mass is 10.1. The maximum atomic E-state index is 12.2. The quantitative estimate of drug-likeness (QED) is 0.697. The summed E-state index contributed by atoms with van der Waals surface area (Å²) in [6, 6.07) is 12.7. The molecule has 22 heavy (non-hydrogen) atoms. The van der Waals surface area contributed by atoms with Gasteiger partial charge in [-0.05, 0) is 30.2 Å². The number of carbonyl (C=O) groups excluding carboxylic acids is 1. The molecule has 0 atom stereocenters. The van der Waals surface area contributed by atoms with Gasteiger partial charge in [-0.3, -0.25) is 4.57 Å². The molecule has 0 spiro atoms. The van der Waals surface area contributed by atoms with Crippen LogP contribution in [0, 0.1) is 6.92 Å². The SMILES string of the molecule is Cc1cc(C(=O)OCc2ccccc2)cc2oc(=O)n(C)c12. The average molecular weight is 297 g/mol. The number of hydrogen-bond donors (Lipinski definition) is 0. The Morgan fingerprint density at radius 3 is 2.68 bits per heavy atom. The Morgan fingerprint density at radius 2 is 1.95 bits per heavy atom. The highest BCUT2D eigenvalue weighted by Crippen LogP contribution is 2.20. The fraction of sp³-hybridized carbons (Fsp3) is 0.176. The minimum atomic E-state index is -0.451. The van der Waals surface area contributed by atoms with Crippen LogP contribution in [-0.4, -0.2) is 10.5 Å². The van der Waals surface area contributed by atoms with E-state index in [1.807, 2.05) is 37.3 Å². The maximum absolute atomic E-state index is 12.2. The van der Waals surface area contributed by atoms with Crippen molar-refractivity contribution in [1.29, 1.82) is 0 Å². The normalized spacial score (nSPS) is 10.8. The first kappa shape index (κ1) is 14.1. The van der Waals surface area contributed by atoms with Crippen LogP contribution in [0.1, 0.15) is 21.5 Å². The average Bonchev–Trinajstić information content (AvgIpc) is 2.81. The minimum Gasteiger partial charge on any atom is -0.457 e. The fourth-order valence-electron chi connectivity index (χ4n) is 2.43. The molecule has 0 aliphatic carbocycles. The van der Waals surface area contributed by atoms with E-state index in [4.69, 9.17) is 9.15 Å². The van der Waals surface area contributed by atoms with Gasteiger partial charge in [0.1, 0.15) is 6.61 Å². The van der Waals surface area contributed by atoms with Gasteiger partial charge >= 0.3 is 11.7 Å². The number of fused-ring (bicyclic) bond motifs is 1. The summed E-state index contributed by atoms with van der Waals surface area (Å²) >= 11 is 0. The van der Waals surface area contributed by atoms with Crippen LogP contribution in [0.2, 0.25) is 0 Å². The fourth-order valence-corrected chi connectivity index (χ4v) is 2.43. The third-order valence-corrected chi connectivity index (χ3v) is 3.52. The zero-order chi connectivity index (χ0) is 15.7. The van der Waals surface area contributed by atoms with Gasteiger partial charge in [0, 0.05) is 7.05 Å². The van der Waals surface area contributed by atoms with Gasteiger partial charge in [-0.2, -0.15) is 0 Å². The van der Waals surface area contributed by atoms with Crippen LogP contribution in [0.4, 0.5) is 0 Å². The van der Waals surface area contributed by atoms with Crippen LogP contribution in [0.25, 0.3) is 11.1 Å². The molecule has 3 rings (SSSR count). The standard InChI is InChI=1S/C17H15NO4/c1-11-8-13(9-14-15(11)18(2)17(20)22-14)16(19)21-10-12-6-4-3-5-7-12/h3-9H,10H2,1-2H3. The van der Waals surface area contributed by atoms with Crippen molar-refractivity contribution in [2.24, 2.45) is 7.05 Å². The largest absolute Gasteiger partial charge is 0.457 e. The topological polar surface area (TPSA) is 61.4 Å². The third-order valence-electron chi connectivity index (χ3n) is 3.52. The molecule has 0 N–H and O–H groups in total. The van der Waals surface area contributed by atoms with Gasteiger partial charge in [0.2, 0.25) is 0 Å². The molecule has 0 unspecified atom stereocenters. The molecule has 2 aromatic carbocycles. The highest BCUT2D eigenvalue weighted by molar-refractivity contribution is 5.94. The molecule has 0 saturated heterocycles. The zero-order valence-electron chi connectivity index (χ0n) is 12.3. The van der Waals surface area contributed by atoms with E-state index >= 15 is 0 Å². The maximum Gasteiger partial charge on any atom is 0.419 e. The lowest BCUT2D eigenvalue weighted by Gasteiger charge is -2.06. The Bertz CT molecular complexity index is 890. The second kappa shape index (κ2) is 5.52. The van der Waals surface area contributed by atoms with E-state index in [-0.39, 0.29) is 6.61 Å². The highest BCUT2D eigenvalue weighted by Gasteiger charge is 2.15. The number of rotatable bonds is 3. The first-order chi connectivity index (χ1) is 10.6. The van der Waals surface area contributed by atoms with Crippen molar-refractivity contribution in [2.45, 2.75) is 13.5 Å². The lowest BCUT2D eigenvalue weighted by molar-refractivity contribution is 0.0472. The number of ether oxygens (including phenoxy) is 1. The van der Waals surface area contributed by atoms with Crippen molar-refractivity contribution in [3.8, 4) is 0 Å². The molecule has 0 amide bonds. The molecule has 0 fully saturated rings. The van der Waals surface area contributed by atoms with Crippen LogP contribution in [0.5, 0.6) is 0 Å². The number of benzene rings is 2. The van der Waals surface area contributed by atoms with Crippen LogP contribution in [-0.2, 0) is 18.4 Å². The number of esters is 1. The Balaban J connectivity index is 1.87. The molecule has 5 heteroatoms. The summed E-state index contributed by atoms with van der Waals surface area (Å²) in [5, 5.41) is 0. The number of nitrogens with zero attached hydrogens (tertiary/aromatic N) is 1. The molecule has 0 saturated carbocycles. The molecule has 0 bridgehead atoms. The Kier molecular flexibility index (Phi) is 3.55. The van der Waals surface area contributed by atoms with Crippen molar-refractivity contribution in [1.82, 2.24) is 4.57 Å². The van der Waals surface area contributed by atoms with Gasteiger partial charge in [-0.25, -0.2) is 9.59 Å². The summed E-state index contributed by atoms with van der Waals surface area (Å²) in [4.78, 5) is 23.7. The van der Waals surface area contributed by atoms with Gasteiger partial charge in [0.25, 0.3) is 0 Å². The summed E-state index contributed by atoms with van der Waals surface area (Å²) in [6.45, 7) is 2.03. The van der Waals surface area contributed by atoms with E-state index in [1.54, 1.807) is 13.1 Å². The van der Waals surface area contributed by atoms with Crippen molar-refractivity contribution >= 4 is 17.1 Å². The smallest absolute Gasteiger partial charge is 0.419 e. The number of oxazole rings is 1. The van der Waals surface area contributed by atoms with E-state index in [0.717, 1.165) is 11.1 Å². The van der Waals surface area contributed by atoms with Crippen LogP contribution in [0.3, 0.4) is 0 Å². The predicted molar refractivity (Wildman–Crippen MR) is 81.8 cm³/mol. The monoisotopic (exact) mass is 297 g/mol. The number of hydrogen-bond acceptors (Lipinski definition) is 4. The molecule has 3 aromatic rings. The summed E-state index contributed by atoms with van der Waals surface area (Å²) in [7, 11) is 1.63. The molecular formula is C17H15NO4. The summed E-state index contributed by atoms with van der Waals surface area (Å²) < 4.78 is 11.8. The van der Waals surface area contributed by atoms with Gasteiger partial charge in [0.15, 0.2) is 5.58 Å². The van der Waals surface area contributed by atoms with Gasteiger partial charge in [0.05, 0.1) is 11.1 Å². The summed E-state index contributed by atoms with van der Waals surface area (Å²) in [6.07, 6.45) is 0. The van der Waals surface area contributed by atoms with Gasteiger partial charge in [-0.15, -0.1) is 0 Å². The molecule has 5 nitrogen and oxygen atoms in total. The highest BCUT2D eigenvalue weighted by atomic mass is 16.5. The van der Waals surface area contributed by atoms with Gasteiger partial charge in [-0.1, -0.05) is 30.3 Å². The minimum absolute atomic E-state index is 0.204. The lowest BCUT2D eigenvalue weighted by Crippen LogP contribution is -2.09. The summed E-state index contributed by atoms with van der Waals surface area (Å²) in [5.41, 5.74) is 3.15. The third kappa shape index (κ3) is 2.53. The van der Waals surface area contributed by atoms with E-state index in [0.29, 0.717) is 16.7 Å². The molecular weight excluding hydrogens is 282 g/mol. The summed E-state index contributed by atoms with van der Waals surface area (Å²) in [5.74, 6) is -0.895. The second-order valence-electron chi connectivity index (χ2n) is 5.13. The van der Waals surface area contributed by atoms with E-state index in [9.17, 15) is 9.59 Å². The van der Waals surface area contributed by atoms with Crippen LogP contribution < -0.4 is 5.76 Å². The van der Waals surface area contributed by atoms with Crippen LogP contribution >= 0.6 is 0 Å². The number of aryl methyl sites for hydroxylation is 2. The molecule has 1 aromatic heterocycles. The first-order valence-corrected chi connectivity index (χ1v) is 6.87. The Labute approximate surface area is 126 Å². The molecule has 1 heterocycles. The first-order valence-electron chi connectivity index (χ1n) is 6.87. The van der Waals surface area contributed by atoms with Crippen molar-refractivity contribution in [3.05, 3.63) is 69.7 Å². The molecule has 112 valence electrons. The second-order valence-corrected chi connectivity index (χ2v) is 5.13. The van der Waals surface area contributed by atoms with E-state index in [1.165, 1.54) is 10.6 Å². The van der Waals surface area contributed by atoms with Crippen molar-refractivity contribution in [3.63, 3.8) is 0 Å². The molecule has 0 radical (unpaired) electrons. The van der Waals surface area contributed by atoms with E-state index in [2.05, 4.69) is 0 Å². The number of aromatic nitrogens is 1. The molecule has 0 aliphatic heterocycles. The van der Waals surface area contributed by atoms with Crippen LogP contribution in [0.15, 0.2) is 51.7 Å².